The molecule has 2 N–H and O–H groups in total. The Morgan fingerprint density at radius 3 is 2.31 bits per heavy atom. The van der Waals surface area contributed by atoms with Crippen LogP contribution in [0.2, 0.25) is 5.02 Å². The molecule has 0 heterocycles. The molecular formula is C24H25ClN2O2. The van der Waals surface area contributed by atoms with E-state index in [0.717, 1.165) is 22.5 Å². The monoisotopic (exact) mass is 408 g/mol. The molecule has 1 amide bonds. The predicted octanol–water partition coefficient (Wildman–Crippen LogP) is 5.89. The number of amides is 1. The Labute approximate surface area is 176 Å². The first kappa shape index (κ1) is 20.7. The van der Waals surface area contributed by atoms with E-state index in [1.165, 1.54) is 11.1 Å². The largest absolute Gasteiger partial charge is 0.482 e. The van der Waals surface area contributed by atoms with Gasteiger partial charge in [0.05, 0.1) is 5.02 Å². The SMILES string of the molecule is Cc1ccc(NCc2ccc(OCC(=O)Nc3ccc(C)c(C)c3)c(Cl)c2)cc1. The summed E-state index contributed by atoms with van der Waals surface area (Å²) < 4.78 is 5.59. The molecule has 5 heteroatoms. The minimum Gasteiger partial charge on any atom is -0.482 e. The van der Waals surface area contributed by atoms with Crippen LogP contribution >= 0.6 is 11.6 Å². The highest BCUT2D eigenvalue weighted by Crippen LogP contribution is 2.26. The molecule has 0 unspecified atom stereocenters. The summed E-state index contributed by atoms with van der Waals surface area (Å²) in [5.41, 5.74) is 6.37. The van der Waals surface area contributed by atoms with Crippen molar-refractivity contribution in [1.82, 2.24) is 0 Å². The van der Waals surface area contributed by atoms with Crippen LogP contribution in [0.3, 0.4) is 0 Å². The lowest BCUT2D eigenvalue weighted by Gasteiger charge is -2.12. The van der Waals surface area contributed by atoms with Gasteiger partial charge in [0.1, 0.15) is 5.75 Å². The standard InChI is InChI=1S/C24H25ClN2O2/c1-16-4-8-20(9-5-16)26-14-19-7-11-23(22(25)13-19)29-15-24(28)27-21-10-6-17(2)18(3)12-21/h4-13,26H,14-15H2,1-3H3,(H,27,28). The minimum absolute atomic E-state index is 0.104. The molecule has 29 heavy (non-hydrogen) atoms. The number of hydrogen-bond acceptors (Lipinski definition) is 3. The van der Waals surface area contributed by atoms with Gasteiger partial charge < -0.3 is 15.4 Å². The molecule has 0 aromatic heterocycles. The van der Waals surface area contributed by atoms with Gasteiger partial charge in [0.15, 0.2) is 6.61 Å². The number of carbonyl (C=O) groups excluding carboxylic acids is 1. The number of aryl methyl sites for hydroxylation is 3. The van der Waals surface area contributed by atoms with Crippen molar-refractivity contribution in [3.8, 4) is 5.75 Å². The summed E-state index contributed by atoms with van der Waals surface area (Å²) in [5.74, 6) is 0.260. The topological polar surface area (TPSA) is 50.4 Å². The van der Waals surface area contributed by atoms with Gasteiger partial charge >= 0.3 is 0 Å². The summed E-state index contributed by atoms with van der Waals surface area (Å²) in [6.07, 6.45) is 0. The molecule has 0 fully saturated rings. The lowest BCUT2D eigenvalue weighted by Crippen LogP contribution is -2.20. The third kappa shape index (κ3) is 6.00. The fraction of sp³-hybridized carbons (Fsp3) is 0.208. The lowest BCUT2D eigenvalue weighted by atomic mass is 10.1. The second-order valence-corrected chi connectivity index (χ2v) is 7.53. The Kier molecular flexibility index (Phi) is 6.78. The molecule has 3 rings (SSSR count). The summed E-state index contributed by atoms with van der Waals surface area (Å²) >= 11 is 6.33. The third-order valence-electron chi connectivity index (χ3n) is 4.69. The van der Waals surface area contributed by atoms with Crippen LogP contribution in [0.4, 0.5) is 11.4 Å². The zero-order valence-corrected chi connectivity index (χ0v) is 17.6. The molecule has 4 nitrogen and oxygen atoms in total. The molecule has 0 saturated heterocycles. The van der Waals surface area contributed by atoms with Crippen molar-refractivity contribution >= 4 is 28.9 Å². The molecule has 0 atom stereocenters. The fourth-order valence-electron chi connectivity index (χ4n) is 2.81. The Morgan fingerprint density at radius 2 is 1.62 bits per heavy atom. The lowest BCUT2D eigenvalue weighted by molar-refractivity contribution is -0.118. The Hall–Kier alpha value is -2.98. The van der Waals surface area contributed by atoms with Crippen LogP contribution in [0.25, 0.3) is 0 Å². The van der Waals surface area contributed by atoms with Crippen molar-refractivity contribution in [2.75, 3.05) is 17.2 Å². The molecular weight excluding hydrogens is 384 g/mol. The first-order chi connectivity index (χ1) is 13.9. The zero-order valence-electron chi connectivity index (χ0n) is 16.9. The van der Waals surface area contributed by atoms with Crippen LogP contribution in [0.5, 0.6) is 5.75 Å². The van der Waals surface area contributed by atoms with E-state index in [1.54, 1.807) is 6.07 Å². The highest BCUT2D eigenvalue weighted by atomic mass is 35.5. The van der Waals surface area contributed by atoms with Gasteiger partial charge in [-0.05, 0) is 73.9 Å². The second kappa shape index (κ2) is 9.48. The van der Waals surface area contributed by atoms with Crippen LogP contribution in [-0.4, -0.2) is 12.5 Å². The molecule has 3 aromatic carbocycles. The van der Waals surface area contributed by atoms with Gasteiger partial charge in [-0.3, -0.25) is 4.79 Å². The maximum atomic E-state index is 12.2. The van der Waals surface area contributed by atoms with Crippen molar-refractivity contribution < 1.29 is 9.53 Å². The van der Waals surface area contributed by atoms with E-state index >= 15 is 0 Å². The first-order valence-electron chi connectivity index (χ1n) is 9.49. The number of rotatable bonds is 7. The number of hydrogen-bond donors (Lipinski definition) is 2. The molecule has 0 saturated carbocycles. The van der Waals surface area contributed by atoms with Crippen LogP contribution < -0.4 is 15.4 Å². The summed E-state index contributed by atoms with van der Waals surface area (Å²) in [7, 11) is 0. The highest BCUT2D eigenvalue weighted by molar-refractivity contribution is 6.32. The Bertz CT molecular complexity index is 1000. The molecule has 0 aliphatic rings. The van der Waals surface area contributed by atoms with E-state index in [0.29, 0.717) is 17.3 Å². The Balaban J connectivity index is 1.52. The maximum absolute atomic E-state index is 12.2. The predicted molar refractivity (Wildman–Crippen MR) is 120 cm³/mol. The van der Waals surface area contributed by atoms with Crippen LogP contribution in [-0.2, 0) is 11.3 Å². The van der Waals surface area contributed by atoms with E-state index in [-0.39, 0.29) is 12.5 Å². The fourth-order valence-corrected chi connectivity index (χ4v) is 3.06. The summed E-state index contributed by atoms with van der Waals surface area (Å²) in [6, 6.07) is 19.6. The van der Waals surface area contributed by atoms with Crippen LogP contribution in [0.1, 0.15) is 22.3 Å². The molecule has 150 valence electrons. The second-order valence-electron chi connectivity index (χ2n) is 7.12. The number of carbonyl (C=O) groups is 1. The van der Waals surface area contributed by atoms with E-state index in [1.807, 2.05) is 56.3 Å². The smallest absolute Gasteiger partial charge is 0.262 e. The normalized spacial score (nSPS) is 10.5. The average Bonchev–Trinajstić information content (AvgIpc) is 2.69. The number of halogens is 1. The molecule has 0 spiro atoms. The van der Waals surface area contributed by atoms with Crippen LogP contribution in [0, 0.1) is 20.8 Å². The maximum Gasteiger partial charge on any atom is 0.262 e. The van der Waals surface area contributed by atoms with Crippen molar-refractivity contribution in [3.63, 3.8) is 0 Å². The van der Waals surface area contributed by atoms with Crippen molar-refractivity contribution in [3.05, 3.63) is 87.9 Å². The molecule has 0 aliphatic carbocycles. The van der Waals surface area contributed by atoms with Crippen molar-refractivity contribution in [2.45, 2.75) is 27.3 Å². The first-order valence-corrected chi connectivity index (χ1v) is 9.87. The van der Waals surface area contributed by atoms with Gasteiger partial charge in [-0.25, -0.2) is 0 Å². The van der Waals surface area contributed by atoms with Crippen molar-refractivity contribution in [1.29, 1.82) is 0 Å². The highest BCUT2D eigenvalue weighted by Gasteiger charge is 2.08. The van der Waals surface area contributed by atoms with E-state index in [2.05, 4.69) is 29.7 Å². The van der Waals surface area contributed by atoms with E-state index in [9.17, 15) is 4.79 Å². The third-order valence-corrected chi connectivity index (χ3v) is 4.99. The molecule has 0 radical (unpaired) electrons. The van der Waals surface area contributed by atoms with E-state index < -0.39 is 0 Å². The van der Waals surface area contributed by atoms with Crippen LogP contribution in [0.15, 0.2) is 60.7 Å². The van der Waals surface area contributed by atoms with Gasteiger partial charge in [-0.2, -0.15) is 0 Å². The minimum atomic E-state index is -0.227. The summed E-state index contributed by atoms with van der Waals surface area (Å²) in [5, 5.41) is 6.67. The number of ether oxygens (including phenoxy) is 1. The summed E-state index contributed by atoms with van der Waals surface area (Å²) in [4.78, 5) is 12.2. The quantitative estimate of drug-likeness (QED) is 0.512. The molecule has 0 aliphatic heterocycles. The van der Waals surface area contributed by atoms with Gasteiger partial charge in [0, 0.05) is 17.9 Å². The molecule has 0 bridgehead atoms. The van der Waals surface area contributed by atoms with Gasteiger partial charge in [-0.1, -0.05) is 41.4 Å². The Morgan fingerprint density at radius 1 is 0.897 bits per heavy atom. The molecule has 3 aromatic rings. The summed E-state index contributed by atoms with van der Waals surface area (Å²) in [6.45, 7) is 6.65. The van der Waals surface area contributed by atoms with Crippen molar-refractivity contribution in [2.24, 2.45) is 0 Å². The van der Waals surface area contributed by atoms with Gasteiger partial charge in [0.2, 0.25) is 0 Å². The number of benzene rings is 3. The number of nitrogens with one attached hydrogen (secondary N) is 2. The van der Waals surface area contributed by atoms with Gasteiger partial charge in [-0.15, -0.1) is 0 Å². The van der Waals surface area contributed by atoms with E-state index in [4.69, 9.17) is 16.3 Å². The zero-order chi connectivity index (χ0) is 20.8. The van der Waals surface area contributed by atoms with Gasteiger partial charge in [0.25, 0.3) is 5.91 Å². The number of anilines is 2. The average molecular weight is 409 g/mol.